The molecule has 1 aliphatic heterocycles. The van der Waals surface area contributed by atoms with E-state index in [0.717, 1.165) is 31.6 Å². The van der Waals surface area contributed by atoms with Crippen molar-refractivity contribution < 1.29 is 4.79 Å². The second-order valence-corrected chi connectivity index (χ2v) is 5.57. The highest BCUT2D eigenvalue weighted by atomic mass is 16.2. The number of carbonyl (C=O) groups is 1. The van der Waals surface area contributed by atoms with Crippen LogP contribution in [0.3, 0.4) is 0 Å². The number of rotatable bonds is 2. The van der Waals surface area contributed by atoms with Crippen molar-refractivity contribution in [2.45, 2.75) is 18.9 Å². The lowest BCUT2D eigenvalue weighted by atomic mass is 10.0. The lowest BCUT2D eigenvalue weighted by Gasteiger charge is -2.33. The van der Waals surface area contributed by atoms with Crippen molar-refractivity contribution in [3.05, 3.63) is 48.9 Å². The first-order valence-electron chi connectivity index (χ1n) is 7.37. The highest BCUT2D eigenvalue weighted by Gasteiger charge is 2.25. The van der Waals surface area contributed by atoms with E-state index in [1.807, 2.05) is 29.6 Å². The number of fused-ring (bicyclic) bond motifs is 1. The van der Waals surface area contributed by atoms with Gasteiger partial charge in [0.1, 0.15) is 6.33 Å². The Morgan fingerprint density at radius 2 is 2.23 bits per heavy atom. The van der Waals surface area contributed by atoms with Crippen LogP contribution in [-0.4, -0.2) is 48.0 Å². The van der Waals surface area contributed by atoms with E-state index < -0.39 is 0 Å². The Labute approximate surface area is 127 Å². The summed E-state index contributed by atoms with van der Waals surface area (Å²) < 4.78 is 3.85. The van der Waals surface area contributed by atoms with Gasteiger partial charge in [-0.2, -0.15) is 0 Å². The maximum atomic E-state index is 12.7. The second-order valence-electron chi connectivity index (χ2n) is 5.57. The van der Waals surface area contributed by atoms with E-state index in [1.165, 1.54) is 0 Å². The summed E-state index contributed by atoms with van der Waals surface area (Å²) in [7, 11) is 0. The van der Waals surface area contributed by atoms with Crippen LogP contribution in [0.15, 0.2) is 43.4 Å². The average Bonchev–Trinajstić information content (AvgIpc) is 3.25. The van der Waals surface area contributed by atoms with Crippen molar-refractivity contribution in [2.75, 3.05) is 13.1 Å². The normalized spacial score (nSPS) is 18.7. The molecule has 1 fully saturated rings. The average molecular weight is 296 g/mol. The van der Waals surface area contributed by atoms with Gasteiger partial charge in [0.25, 0.3) is 5.91 Å². The van der Waals surface area contributed by atoms with Crippen molar-refractivity contribution in [3.8, 4) is 0 Å². The predicted octanol–water partition coefficient (Wildman–Crippen LogP) is 1.40. The van der Waals surface area contributed by atoms with Gasteiger partial charge >= 0.3 is 0 Å². The minimum atomic E-state index is 0.0559. The molecule has 4 rings (SSSR count). The van der Waals surface area contributed by atoms with Gasteiger partial charge in [-0.1, -0.05) is 0 Å². The van der Waals surface area contributed by atoms with Gasteiger partial charge < -0.3 is 9.47 Å². The Morgan fingerprint density at radius 1 is 1.27 bits per heavy atom. The fraction of sp³-hybridized carbons (Fsp3) is 0.333. The molecule has 4 heterocycles. The lowest BCUT2D eigenvalue weighted by molar-refractivity contribution is 0.0679. The molecule has 0 bridgehead atoms. The number of piperidine rings is 1. The fourth-order valence-corrected chi connectivity index (χ4v) is 3.00. The summed E-state index contributed by atoms with van der Waals surface area (Å²) in [6.07, 6.45) is 11.0. The van der Waals surface area contributed by atoms with E-state index in [0.29, 0.717) is 11.6 Å². The Balaban J connectivity index is 1.56. The van der Waals surface area contributed by atoms with Crippen molar-refractivity contribution >= 4 is 11.6 Å². The van der Waals surface area contributed by atoms with Crippen LogP contribution in [0.5, 0.6) is 0 Å². The number of nitrogens with zero attached hydrogens (tertiary/aromatic N) is 6. The van der Waals surface area contributed by atoms with Crippen LogP contribution in [0.4, 0.5) is 0 Å². The molecule has 7 nitrogen and oxygen atoms in total. The van der Waals surface area contributed by atoms with E-state index in [9.17, 15) is 4.79 Å². The summed E-state index contributed by atoms with van der Waals surface area (Å²) >= 11 is 0. The zero-order valence-electron chi connectivity index (χ0n) is 12.0. The third kappa shape index (κ3) is 2.24. The molecule has 1 atom stereocenters. The third-order valence-electron chi connectivity index (χ3n) is 4.17. The summed E-state index contributed by atoms with van der Waals surface area (Å²) in [4.78, 5) is 18.7. The first-order valence-corrected chi connectivity index (χ1v) is 7.37. The van der Waals surface area contributed by atoms with Gasteiger partial charge in [-0.15, -0.1) is 10.2 Å². The molecule has 7 heteroatoms. The van der Waals surface area contributed by atoms with Gasteiger partial charge in [-0.05, 0) is 25.0 Å². The number of pyridine rings is 1. The minimum Gasteiger partial charge on any atom is -0.337 e. The number of hydrogen-bond acceptors (Lipinski definition) is 4. The van der Waals surface area contributed by atoms with E-state index in [2.05, 4.69) is 19.7 Å². The summed E-state index contributed by atoms with van der Waals surface area (Å²) in [5, 5.41) is 7.79. The molecule has 3 aromatic heterocycles. The van der Waals surface area contributed by atoms with Gasteiger partial charge in [-0.3, -0.25) is 9.20 Å². The van der Waals surface area contributed by atoms with Gasteiger partial charge in [0.2, 0.25) is 0 Å². The standard InChI is InChI=1S/C15H16N6O/c22-15(12-3-4-14-18-17-11-21(14)8-12)19-6-1-2-13(9-19)20-7-5-16-10-20/h3-5,7-8,10-11,13H,1-2,6,9H2. The molecule has 0 saturated carbocycles. The predicted molar refractivity (Wildman–Crippen MR) is 79.4 cm³/mol. The first-order chi connectivity index (χ1) is 10.8. The van der Waals surface area contributed by atoms with Crippen molar-refractivity contribution in [1.82, 2.24) is 29.0 Å². The van der Waals surface area contributed by atoms with Crippen LogP contribution in [0.2, 0.25) is 0 Å². The maximum absolute atomic E-state index is 12.7. The molecule has 1 saturated heterocycles. The van der Waals surface area contributed by atoms with Crippen LogP contribution in [0.25, 0.3) is 5.65 Å². The summed E-state index contributed by atoms with van der Waals surface area (Å²) in [5.74, 6) is 0.0559. The van der Waals surface area contributed by atoms with Gasteiger partial charge in [0.15, 0.2) is 5.65 Å². The number of hydrogen-bond donors (Lipinski definition) is 0. The molecule has 0 N–H and O–H groups in total. The summed E-state index contributed by atoms with van der Waals surface area (Å²) in [5.41, 5.74) is 1.41. The van der Waals surface area contributed by atoms with E-state index >= 15 is 0 Å². The molecule has 22 heavy (non-hydrogen) atoms. The number of aromatic nitrogens is 5. The SMILES string of the molecule is O=C(c1ccc2nncn2c1)N1CCCC(n2ccnc2)C1. The smallest absolute Gasteiger partial charge is 0.255 e. The van der Waals surface area contributed by atoms with E-state index in [1.54, 1.807) is 23.1 Å². The molecular weight excluding hydrogens is 280 g/mol. The quantitative estimate of drug-likeness (QED) is 0.717. The van der Waals surface area contributed by atoms with Crippen molar-refractivity contribution in [1.29, 1.82) is 0 Å². The van der Waals surface area contributed by atoms with Crippen LogP contribution in [-0.2, 0) is 0 Å². The molecule has 0 aliphatic carbocycles. The molecule has 0 radical (unpaired) electrons. The molecule has 3 aromatic rings. The van der Waals surface area contributed by atoms with Gasteiger partial charge in [0, 0.05) is 31.7 Å². The molecule has 0 aromatic carbocycles. The first kappa shape index (κ1) is 13.0. The molecule has 112 valence electrons. The molecule has 1 aliphatic rings. The Kier molecular flexibility index (Phi) is 3.10. The fourth-order valence-electron chi connectivity index (χ4n) is 3.00. The zero-order valence-corrected chi connectivity index (χ0v) is 12.0. The lowest BCUT2D eigenvalue weighted by Crippen LogP contribution is -2.40. The number of likely N-dealkylation sites (tertiary alicyclic amines) is 1. The largest absolute Gasteiger partial charge is 0.337 e. The summed E-state index contributed by atoms with van der Waals surface area (Å²) in [6.45, 7) is 1.51. The van der Waals surface area contributed by atoms with Crippen LogP contribution < -0.4 is 0 Å². The Hall–Kier alpha value is -2.70. The summed E-state index contributed by atoms with van der Waals surface area (Å²) in [6, 6.07) is 3.93. The minimum absolute atomic E-state index is 0.0559. The van der Waals surface area contributed by atoms with E-state index in [4.69, 9.17) is 0 Å². The number of carbonyl (C=O) groups excluding carboxylic acids is 1. The third-order valence-corrected chi connectivity index (χ3v) is 4.17. The van der Waals surface area contributed by atoms with Crippen LogP contribution in [0.1, 0.15) is 29.2 Å². The number of amides is 1. The van der Waals surface area contributed by atoms with Crippen LogP contribution in [0, 0.1) is 0 Å². The maximum Gasteiger partial charge on any atom is 0.255 e. The Bertz CT molecular complexity index is 793. The van der Waals surface area contributed by atoms with E-state index in [-0.39, 0.29) is 5.91 Å². The highest BCUT2D eigenvalue weighted by Crippen LogP contribution is 2.22. The van der Waals surface area contributed by atoms with Crippen LogP contribution >= 0.6 is 0 Å². The molecule has 1 unspecified atom stereocenters. The van der Waals surface area contributed by atoms with Crippen molar-refractivity contribution in [2.24, 2.45) is 0 Å². The molecule has 0 spiro atoms. The second kappa shape index (κ2) is 5.25. The van der Waals surface area contributed by atoms with Crippen molar-refractivity contribution in [3.63, 3.8) is 0 Å². The molecular formula is C15H16N6O. The Morgan fingerprint density at radius 3 is 3.09 bits per heavy atom. The number of imidazole rings is 1. The van der Waals surface area contributed by atoms with Gasteiger partial charge in [0.05, 0.1) is 17.9 Å². The topological polar surface area (TPSA) is 68.3 Å². The highest BCUT2D eigenvalue weighted by molar-refractivity contribution is 5.94. The van der Waals surface area contributed by atoms with Gasteiger partial charge in [-0.25, -0.2) is 4.98 Å². The molecule has 1 amide bonds. The zero-order chi connectivity index (χ0) is 14.9. The monoisotopic (exact) mass is 296 g/mol.